The van der Waals surface area contributed by atoms with Crippen LogP contribution in [0.15, 0.2) is 42.5 Å². The summed E-state index contributed by atoms with van der Waals surface area (Å²) in [6.45, 7) is 2.44. The van der Waals surface area contributed by atoms with E-state index in [0.717, 1.165) is 42.8 Å². The number of benzene rings is 2. The fourth-order valence-electron chi connectivity index (χ4n) is 4.76. The predicted molar refractivity (Wildman–Crippen MR) is 118 cm³/mol. The molecule has 0 aliphatic carbocycles. The van der Waals surface area contributed by atoms with E-state index >= 15 is 0 Å². The fraction of sp³-hybridized carbons (Fsp3) is 0.435. The molecule has 1 amide bonds. The number of amides is 1. The third-order valence-corrected chi connectivity index (χ3v) is 6.45. The lowest BCUT2D eigenvalue weighted by molar-refractivity contribution is -0.385. The van der Waals surface area contributed by atoms with Crippen molar-refractivity contribution in [1.29, 1.82) is 0 Å². The molecular weight excluding hydrogens is 418 g/mol. The van der Waals surface area contributed by atoms with Gasteiger partial charge in [0.1, 0.15) is 0 Å². The van der Waals surface area contributed by atoms with Crippen LogP contribution in [0.25, 0.3) is 0 Å². The summed E-state index contributed by atoms with van der Waals surface area (Å²) in [4.78, 5) is 25.7. The highest BCUT2D eigenvalue weighted by atomic mass is 35.5. The Morgan fingerprint density at radius 3 is 2.52 bits per heavy atom. The lowest BCUT2D eigenvalue weighted by atomic mass is 9.96. The minimum absolute atomic E-state index is 0.100. The largest absolute Gasteiger partial charge is 0.477 e. The molecule has 2 aromatic rings. The Kier molecular flexibility index (Phi) is 6.43. The quantitative estimate of drug-likeness (QED) is 0.510. The van der Waals surface area contributed by atoms with E-state index in [9.17, 15) is 14.9 Å². The molecule has 2 aliphatic heterocycles. The molecule has 0 radical (unpaired) electrons. The number of halogens is 1. The number of nitro benzene ring substituents is 1. The highest BCUT2D eigenvalue weighted by Crippen LogP contribution is 2.37. The molecule has 0 spiro atoms. The molecule has 2 bridgehead atoms. The summed E-state index contributed by atoms with van der Waals surface area (Å²) in [5.41, 5.74) is 1.89. The number of nitro groups is 1. The van der Waals surface area contributed by atoms with Gasteiger partial charge in [0.05, 0.1) is 4.92 Å². The average Bonchev–Trinajstić information content (AvgIpc) is 2.96. The average molecular weight is 444 g/mol. The summed E-state index contributed by atoms with van der Waals surface area (Å²) in [6, 6.07) is 13.7. The van der Waals surface area contributed by atoms with Gasteiger partial charge in [0.25, 0.3) is 5.91 Å². The molecule has 7 nitrogen and oxygen atoms in total. The van der Waals surface area contributed by atoms with E-state index in [4.69, 9.17) is 16.3 Å². The summed E-state index contributed by atoms with van der Waals surface area (Å²) in [6.07, 6.45) is 4.08. The van der Waals surface area contributed by atoms with Crippen LogP contribution in [0.2, 0.25) is 5.02 Å². The number of aryl methyl sites for hydroxylation is 1. The van der Waals surface area contributed by atoms with Gasteiger partial charge in [-0.25, -0.2) is 0 Å². The number of ether oxygens (including phenoxy) is 1. The second-order valence-corrected chi connectivity index (χ2v) is 8.87. The number of carbonyl (C=O) groups is 1. The molecule has 2 heterocycles. The summed E-state index contributed by atoms with van der Waals surface area (Å²) in [5.74, 6) is -0.131. The molecule has 2 fully saturated rings. The topological polar surface area (TPSA) is 84.7 Å². The zero-order valence-electron chi connectivity index (χ0n) is 17.4. The Morgan fingerprint density at radius 1 is 1.19 bits per heavy atom. The van der Waals surface area contributed by atoms with Crippen molar-refractivity contribution in [3.8, 4) is 5.75 Å². The number of piperidine rings is 1. The molecule has 2 aromatic carbocycles. The zero-order chi connectivity index (χ0) is 22.0. The molecule has 4 rings (SSSR count). The molecule has 0 saturated carbocycles. The zero-order valence-corrected chi connectivity index (χ0v) is 18.2. The van der Waals surface area contributed by atoms with Crippen LogP contribution in [0.4, 0.5) is 5.69 Å². The van der Waals surface area contributed by atoms with E-state index in [0.29, 0.717) is 12.1 Å². The molecule has 8 heteroatoms. The van der Waals surface area contributed by atoms with Crippen LogP contribution >= 0.6 is 11.6 Å². The van der Waals surface area contributed by atoms with Crippen molar-refractivity contribution in [1.82, 2.24) is 10.2 Å². The maximum Gasteiger partial charge on any atom is 0.311 e. The standard InChI is InChI=1S/C23H26ClN3O4/c1-15-2-9-22(21(10-15)27(29)30)31-14-23(28)25-18-11-19-7-8-20(12-18)26(19)13-16-3-5-17(24)6-4-16/h2-6,9-10,18-20H,7-8,11-14H2,1H3,(H,25,28)/t18?,19-,20+. The number of hydrogen-bond donors (Lipinski definition) is 1. The summed E-state index contributed by atoms with van der Waals surface area (Å²) in [5, 5.41) is 15.0. The number of fused-ring (bicyclic) bond motifs is 2. The number of hydrogen-bond acceptors (Lipinski definition) is 5. The number of carbonyl (C=O) groups excluding carboxylic acids is 1. The van der Waals surface area contributed by atoms with Gasteiger partial charge in [-0.1, -0.05) is 29.8 Å². The summed E-state index contributed by atoms with van der Waals surface area (Å²) in [7, 11) is 0. The molecule has 3 atom stereocenters. The molecule has 31 heavy (non-hydrogen) atoms. The minimum atomic E-state index is -0.492. The third kappa shape index (κ3) is 5.17. The maximum absolute atomic E-state index is 12.4. The lowest BCUT2D eigenvalue weighted by Crippen LogP contribution is -2.50. The van der Waals surface area contributed by atoms with Gasteiger partial charge in [0, 0.05) is 35.8 Å². The van der Waals surface area contributed by atoms with Crippen LogP contribution < -0.4 is 10.1 Å². The van der Waals surface area contributed by atoms with E-state index in [1.165, 1.54) is 17.7 Å². The van der Waals surface area contributed by atoms with Gasteiger partial charge < -0.3 is 10.1 Å². The van der Waals surface area contributed by atoms with E-state index < -0.39 is 4.92 Å². The van der Waals surface area contributed by atoms with Gasteiger partial charge in [-0.3, -0.25) is 19.8 Å². The van der Waals surface area contributed by atoms with E-state index in [2.05, 4.69) is 22.3 Å². The first kappa shape index (κ1) is 21.6. The Morgan fingerprint density at radius 2 is 1.87 bits per heavy atom. The van der Waals surface area contributed by atoms with Crippen LogP contribution in [0.3, 0.4) is 0 Å². The molecule has 2 aliphatic rings. The molecule has 2 saturated heterocycles. The van der Waals surface area contributed by atoms with Crippen LogP contribution in [0, 0.1) is 17.0 Å². The minimum Gasteiger partial charge on any atom is -0.477 e. The first-order valence-electron chi connectivity index (χ1n) is 10.6. The van der Waals surface area contributed by atoms with Gasteiger partial charge in [-0.05, 0) is 61.9 Å². The van der Waals surface area contributed by atoms with Gasteiger partial charge in [-0.15, -0.1) is 0 Å². The molecule has 0 aromatic heterocycles. The van der Waals surface area contributed by atoms with Gasteiger partial charge in [0.2, 0.25) is 0 Å². The van der Waals surface area contributed by atoms with Crippen molar-refractivity contribution in [3.63, 3.8) is 0 Å². The highest BCUT2D eigenvalue weighted by molar-refractivity contribution is 6.30. The number of rotatable bonds is 7. The Balaban J connectivity index is 1.30. The van der Waals surface area contributed by atoms with Gasteiger partial charge in [0.15, 0.2) is 12.4 Å². The number of nitrogens with one attached hydrogen (secondary N) is 1. The van der Waals surface area contributed by atoms with Crippen molar-refractivity contribution < 1.29 is 14.5 Å². The predicted octanol–water partition coefficient (Wildman–Crippen LogP) is 4.25. The van der Waals surface area contributed by atoms with Crippen molar-refractivity contribution >= 4 is 23.2 Å². The van der Waals surface area contributed by atoms with Crippen LogP contribution in [0.5, 0.6) is 5.75 Å². The van der Waals surface area contributed by atoms with Crippen molar-refractivity contribution in [2.45, 2.75) is 57.3 Å². The second kappa shape index (κ2) is 9.24. The normalized spacial score (nSPS) is 22.8. The van der Waals surface area contributed by atoms with Crippen LogP contribution in [0.1, 0.15) is 36.8 Å². The smallest absolute Gasteiger partial charge is 0.311 e. The van der Waals surface area contributed by atoms with Crippen molar-refractivity contribution in [3.05, 3.63) is 68.7 Å². The van der Waals surface area contributed by atoms with E-state index in [1.54, 1.807) is 13.0 Å². The van der Waals surface area contributed by atoms with E-state index in [-0.39, 0.29) is 30.0 Å². The van der Waals surface area contributed by atoms with Crippen molar-refractivity contribution in [2.24, 2.45) is 0 Å². The van der Waals surface area contributed by atoms with Gasteiger partial charge in [-0.2, -0.15) is 0 Å². The Bertz CT molecular complexity index is 952. The van der Waals surface area contributed by atoms with Crippen LogP contribution in [-0.2, 0) is 11.3 Å². The lowest BCUT2D eigenvalue weighted by Gasteiger charge is -2.39. The molecule has 1 N–H and O–H groups in total. The first-order valence-corrected chi connectivity index (χ1v) is 10.9. The summed E-state index contributed by atoms with van der Waals surface area (Å²) >= 11 is 5.99. The van der Waals surface area contributed by atoms with Gasteiger partial charge >= 0.3 is 5.69 Å². The highest BCUT2D eigenvalue weighted by Gasteiger charge is 2.40. The monoisotopic (exact) mass is 443 g/mol. The molecular formula is C23H26ClN3O4. The fourth-order valence-corrected chi connectivity index (χ4v) is 4.88. The van der Waals surface area contributed by atoms with Crippen molar-refractivity contribution in [2.75, 3.05) is 6.61 Å². The summed E-state index contributed by atoms with van der Waals surface area (Å²) < 4.78 is 5.46. The SMILES string of the molecule is Cc1ccc(OCC(=O)NC2C[C@H]3CC[C@@H](C2)N3Cc2ccc(Cl)cc2)c([N+](=O)[O-])c1. The Labute approximate surface area is 186 Å². The first-order chi connectivity index (χ1) is 14.9. The van der Waals surface area contributed by atoms with Crippen LogP contribution in [-0.4, -0.2) is 40.5 Å². The third-order valence-electron chi connectivity index (χ3n) is 6.20. The molecule has 1 unspecified atom stereocenters. The number of nitrogens with zero attached hydrogens (tertiary/aromatic N) is 2. The second-order valence-electron chi connectivity index (χ2n) is 8.44. The Hall–Kier alpha value is -2.64. The maximum atomic E-state index is 12.4. The van der Waals surface area contributed by atoms with E-state index in [1.807, 2.05) is 12.1 Å². The molecule has 164 valence electrons.